The van der Waals surface area contributed by atoms with Gasteiger partial charge in [-0.05, 0) is 42.7 Å². The fourth-order valence-electron chi connectivity index (χ4n) is 2.55. The van der Waals surface area contributed by atoms with Crippen molar-refractivity contribution < 1.29 is 22.6 Å². The molecule has 2 aliphatic heterocycles. The normalized spacial score (nSPS) is 37.0. The molecule has 0 aromatic rings. The van der Waals surface area contributed by atoms with Gasteiger partial charge < -0.3 is 9.47 Å². The van der Waals surface area contributed by atoms with E-state index < -0.39 is 12.3 Å². The lowest BCUT2D eigenvalue weighted by Crippen LogP contribution is -2.26. The van der Waals surface area contributed by atoms with E-state index in [9.17, 15) is 13.2 Å². The summed E-state index contributed by atoms with van der Waals surface area (Å²) in [6, 6.07) is 0. The van der Waals surface area contributed by atoms with Crippen molar-refractivity contribution in [2.45, 2.75) is 51.5 Å². The van der Waals surface area contributed by atoms with Crippen LogP contribution in [-0.2, 0) is 9.47 Å². The number of hydrogen-bond donors (Lipinski definition) is 0. The Labute approximate surface area is 112 Å². The van der Waals surface area contributed by atoms with E-state index >= 15 is 0 Å². The number of ether oxygens (including phenoxy) is 2. The molecule has 4 unspecified atom stereocenters. The second-order valence-electron chi connectivity index (χ2n) is 5.79. The maximum atomic E-state index is 12.5. The van der Waals surface area contributed by atoms with Gasteiger partial charge in [-0.2, -0.15) is 13.2 Å². The third kappa shape index (κ3) is 3.96. The predicted octanol–water partition coefficient (Wildman–Crippen LogP) is 3.72. The van der Waals surface area contributed by atoms with Crippen LogP contribution in [0.5, 0.6) is 0 Å². The van der Waals surface area contributed by atoms with Gasteiger partial charge >= 0.3 is 6.18 Å². The van der Waals surface area contributed by atoms with Crippen molar-refractivity contribution in [2.75, 3.05) is 13.2 Å². The van der Waals surface area contributed by atoms with Crippen LogP contribution < -0.4 is 0 Å². The summed E-state index contributed by atoms with van der Waals surface area (Å²) in [4.78, 5) is 0. The van der Waals surface area contributed by atoms with Crippen molar-refractivity contribution in [3.63, 3.8) is 0 Å². The van der Waals surface area contributed by atoms with Gasteiger partial charge in [0.15, 0.2) is 6.10 Å². The van der Waals surface area contributed by atoms with E-state index in [0.29, 0.717) is 24.9 Å². The molecule has 0 N–H and O–H groups in total. The van der Waals surface area contributed by atoms with Gasteiger partial charge in [0, 0.05) is 6.61 Å². The van der Waals surface area contributed by atoms with Crippen LogP contribution >= 0.6 is 0 Å². The van der Waals surface area contributed by atoms with Crippen LogP contribution in [0.15, 0.2) is 11.6 Å². The van der Waals surface area contributed by atoms with Gasteiger partial charge in [0.2, 0.25) is 0 Å². The molecule has 2 aliphatic rings. The highest BCUT2D eigenvalue weighted by molar-refractivity contribution is 5.14. The van der Waals surface area contributed by atoms with Crippen molar-refractivity contribution in [2.24, 2.45) is 11.8 Å². The van der Waals surface area contributed by atoms with Crippen LogP contribution in [0.3, 0.4) is 0 Å². The Kier molecular flexibility index (Phi) is 4.56. The van der Waals surface area contributed by atoms with Crippen molar-refractivity contribution in [1.82, 2.24) is 0 Å². The van der Waals surface area contributed by atoms with Gasteiger partial charge in [-0.25, -0.2) is 0 Å². The third-order valence-corrected chi connectivity index (χ3v) is 4.16. The molecule has 1 fully saturated rings. The van der Waals surface area contributed by atoms with Crippen LogP contribution in [-0.4, -0.2) is 31.6 Å². The summed E-state index contributed by atoms with van der Waals surface area (Å²) in [5.74, 6) is 1.13. The average Bonchev–Trinajstić information content (AvgIpc) is 2.74. The molecular formula is C14H21F3O2. The Morgan fingerprint density at radius 3 is 2.53 bits per heavy atom. The lowest BCUT2D eigenvalue weighted by atomic mass is 9.92. The molecule has 0 aliphatic carbocycles. The summed E-state index contributed by atoms with van der Waals surface area (Å²) in [6.45, 7) is 5.14. The SMILES string of the molecule is CC1CCC(CC2=CC(C(F)(F)F)OC2)OCC1C. The van der Waals surface area contributed by atoms with Crippen LogP contribution in [0.25, 0.3) is 0 Å². The monoisotopic (exact) mass is 278 g/mol. The summed E-state index contributed by atoms with van der Waals surface area (Å²) < 4.78 is 48.0. The van der Waals surface area contributed by atoms with Crippen LogP contribution in [0, 0.1) is 11.8 Å². The van der Waals surface area contributed by atoms with E-state index in [2.05, 4.69) is 13.8 Å². The molecule has 0 spiro atoms. The molecule has 110 valence electrons. The number of hydrogen-bond acceptors (Lipinski definition) is 2. The first-order valence-corrected chi connectivity index (χ1v) is 6.85. The molecule has 0 amide bonds. The van der Waals surface area contributed by atoms with E-state index in [1.54, 1.807) is 0 Å². The minimum absolute atomic E-state index is 0.0363. The Bertz CT molecular complexity index is 326. The average molecular weight is 278 g/mol. The molecule has 19 heavy (non-hydrogen) atoms. The second-order valence-corrected chi connectivity index (χ2v) is 5.79. The summed E-state index contributed by atoms with van der Waals surface area (Å²) in [5, 5.41) is 0. The van der Waals surface area contributed by atoms with Crippen LogP contribution in [0.2, 0.25) is 0 Å². The predicted molar refractivity (Wildman–Crippen MR) is 65.8 cm³/mol. The van der Waals surface area contributed by atoms with Crippen LogP contribution in [0.1, 0.15) is 33.1 Å². The first kappa shape index (κ1) is 14.9. The van der Waals surface area contributed by atoms with E-state index in [1.807, 2.05) is 0 Å². The Morgan fingerprint density at radius 2 is 1.89 bits per heavy atom. The smallest absolute Gasteiger partial charge is 0.378 e. The molecule has 0 aromatic carbocycles. The summed E-state index contributed by atoms with van der Waals surface area (Å²) in [7, 11) is 0. The highest BCUT2D eigenvalue weighted by Crippen LogP contribution is 2.32. The number of halogens is 3. The fourth-order valence-corrected chi connectivity index (χ4v) is 2.55. The Morgan fingerprint density at radius 1 is 1.16 bits per heavy atom. The largest absolute Gasteiger partial charge is 0.418 e. The summed E-state index contributed by atoms with van der Waals surface area (Å²) in [6.07, 6.45) is -2.23. The minimum Gasteiger partial charge on any atom is -0.378 e. The minimum atomic E-state index is -4.30. The molecule has 2 nitrogen and oxygen atoms in total. The van der Waals surface area contributed by atoms with Gasteiger partial charge in [0.1, 0.15) is 0 Å². The quantitative estimate of drug-likeness (QED) is 0.717. The van der Waals surface area contributed by atoms with E-state index in [0.717, 1.165) is 18.4 Å². The molecule has 0 radical (unpaired) electrons. The standard InChI is InChI=1S/C14H21F3O2/c1-9-3-4-12(18-7-10(9)2)5-11-6-13(19-8-11)14(15,16)17/h6,9-10,12-13H,3-5,7-8H2,1-2H3. The number of alkyl halides is 3. The first-order chi connectivity index (χ1) is 8.86. The lowest BCUT2D eigenvalue weighted by Gasteiger charge is -2.16. The number of rotatable bonds is 2. The summed E-state index contributed by atoms with van der Waals surface area (Å²) >= 11 is 0. The van der Waals surface area contributed by atoms with Gasteiger partial charge in [-0.1, -0.05) is 13.8 Å². The van der Waals surface area contributed by atoms with Gasteiger partial charge in [-0.3, -0.25) is 0 Å². The molecule has 5 heteroatoms. The Balaban J connectivity index is 1.88. The molecule has 2 heterocycles. The van der Waals surface area contributed by atoms with Crippen molar-refractivity contribution >= 4 is 0 Å². The molecule has 1 saturated heterocycles. The van der Waals surface area contributed by atoms with Gasteiger partial charge in [0.25, 0.3) is 0 Å². The Hall–Kier alpha value is -0.550. The topological polar surface area (TPSA) is 18.5 Å². The van der Waals surface area contributed by atoms with Crippen molar-refractivity contribution in [1.29, 1.82) is 0 Å². The molecule has 0 bridgehead atoms. The molecular weight excluding hydrogens is 257 g/mol. The molecule has 4 atom stereocenters. The first-order valence-electron chi connectivity index (χ1n) is 6.85. The maximum absolute atomic E-state index is 12.5. The van der Waals surface area contributed by atoms with E-state index in [1.165, 1.54) is 6.08 Å². The molecule has 0 saturated carbocycles. The van der Waals surface area contributed by atoms with Gasteiger partial charge in [0.05, 0.1) is 12.7 Å². The third-order valence-electron chi connectivity index (χ3n) is 4.16. The zero-order valence-corrected chi connectivity index (χ0v) is 11.4. The lowest BCUT2D eigenvalue weighted by molar-refractivity contribution is -0.196. The van der Waals surface area contributed by atoms with E-state index in [-0.39, 0.29) is 12.7 Å². The highest BCUT2D eigenvalue weighted by atomic mass is 19.4. The zero-order valence-electron chi connectivity index (χ0n) is 11.4. The van der Waals surface area contributed by atoms with Gasteiger partial charge in [-0.15, -0.1) is 0 Å². The highest BCUT2D eigenvalue weighted by Gasteiger charge is 2.42. The van der Waals surface area contributed by atoms with Crippen molar-refractivity contribution in [3.8, 4) is 0 Å². The van der Waals surface area contributed by atoms with Crippen molar-refractivity contribution in [3.05, 3.63) is 11.6 Å². The maximum Gasteiger partial charge on any atom is 0.418 e. The van der Waals surface area contributed by atoms with E-state index in [4.69, 9.17) is 9.47 Å². The molecule has 0 aromatic heterocycles. The molecule has 2 rings (SSSR count). The zero-order chi connectivity index (χ0) is 14.0. The second kappa shape index (κ2) is 5.83. The fraction of sp³-hybridized carbons (Fsp3) is 0.857. The summed E-state index contributed by atoms with van der Waals surface area (Å²) in [5.41, 5.74) is 0.717. The van der Waals surface area contributed by atoms with Crippen LogP contribution in [0.4, 0.5) is 13.2 Å².